The molecule has 0 aliphatic heterocycles. The Balaban J connectivity index is 4.07. The molecule has 0 saturated heterocycles. The zero-order valence-electron chi connectivity index (χ0n) is 6.03. The third-order valence-corrected chi connectivity index (χ3v) is 2.22. The molecule has 68 valence electrons. The van der Waals surface area contributed by atoms with Gasteiger partial charge in [-0.1, -0.05) is 23.0 Å². The van der Waals surface area contributed by atoms with Gasteiger partial charge in [0.1, 0.15) is 6.07 Å². The molecule has 0 atom stereocenters. The van der Waals surface area contributed by atoms with Crippen molar-refractivity contribution >= 4 is 21.9 Å². The highest BCUT2D eigenvalue weighted by Crippen LogP contribution is 2.00. The van der Waals surface area contributed by atoms with Crippen LogP contribution in [0.15, 0.2) is 0 Å². The molecule has 0 unspecified atom stereocenters. The van der Waals surface area contributed by atoms with Crippen LogP contribution in [0.5, 0.6) is 0 Å². The molecule has 0 aromatic carbocycles. The maximum atomic E-state index is 10.7. The lowest BCUT2D eigenvalue weighted by molar-refractivity contribution is -0.00951. The number of nitrogens with zero attached hydrogens (tertiary/aromatic N) is 1. The van der Waals surface area contributed by atoms with E-state index >= 15 is 0 Å². The Morgan fingerprint density at radius 3 is 2.55 bits per heavy atom. The number of rotatable bonds is 5. The Morgan fingerprint density at radius 2 is 2.18 bits per heavy atom. The molecule has 0 fully saturated rings. The van der Waals surface area contributed by atoms with E-state index in [1.165, 1.54) is 0 Å². The first-order valence-corrected chi connectivity index (χ1v) is 4.86. The zero-order valence-corrected chi connectivity index (χ0v) is 7.60. The van der Waals surface area contributed by atoms with E-state index in [0.29, 0.717) is 6.42 Å². The topological polar surface area (TPSA) is 66.8 Å². The van der Waals surface area contributed by atoms with Crippen LogP contribution in [0.3, 0.4) is 0 Å². The molecule has 0 amide bonds. The highest BCUT2D eigenvalue weighted by atomic mass is 35.5. The number of alkyl halides is 1. The van der Waals surface area contributed by atoms with E-state index in [-0.39, 0.29) is 11.0 Å². The van der Waals surface area contributed by atoms with Gasteiger partial charge in [0.25, 0.3) is 0 Å². The van der Waals surface area contributed by atoms with Crippen LogP contribution in [0.4, 0.5) is 0 Å². The standard InChI is InChI=1S/C4H10ClNO4S/c1-2-3-6(7)11(8,9)10-4-5/h7H,2-4H2,1H3. The van der Waals surface area contributed by atoms with Crippen molar-refractivity contribution in [1.82, 2.24) is 4.47 Å². The van der Waals surface area contributed by atoms with Gasteiger partial charge in [0.05, 0.1) is 0 Å². The van der Waals surface area contributed by atoms with Gasteiger partial charge in [0.15, 0.2) is 0 Å². The normalized spacial score (nSPS) is 12.4. The van der Waals surface area contributed by atoms with Gasteiger partial charge in [0.2, 0.25) is 0 Å². The minimum absolute atomic E-state index is 0.000772. The van der Waals surface area contributed by atoms with E-state index in [9.17, 15) is 8.42 Å². The summed E-state index contributed by atoms with van der Waals surface area (Å²) in [5.41, 5.74) is 0. The predicted molar refractivity (Wildman–Crippen MR) is 39.5 cm³/mol. The van der Waals surface area contributed by atoms with Gasteiger partial charge >= 0.3 is 10.3 Å². The summed E-state index contributed by atoms with van der Waals surface area (Å²) in [5, 5.41) is 8.77. The Kier molecular flexibility index (Phi) is 4.94. The molecule has 11 heavy (non-hydrogen) atoms. The van der Waals surface area contributed by atoms with E-state index in [1.807, 2.05) is 0 Å². The van der Waals surface area contributed by atoms with Gasteiger partial charge in [-0.15, -0.1) is 0 Å². The molecule has 0 heterocycles. The first-order valence-electron chi connectivity index (χ1n) is 2.96. The minimum Gasteiger partial charge on any atom is -0.298 e. The summed E-state index contributed by atoms with van der Waals surface area (Å²) in [7, 11) is -4.02. The summed E-state index contributed by atoms with van der Waals surface area (Å²) >= 11 is 4.99. The summed E-state index contributed by atoms with van der Waals surface area (Å²) in [6.45, 7) is 1.72. The van der Waals surface area contributed by atoms with Gasteiger partial charge < -0.3 is 0 Å². The summed E-state index contributed by atoms with van der Waals surface area (Å²) in [6.07, 6.45) is 0.501. The lowest BCUT2D eigenvalue weighted by Gasteiger charge is -2.11. The van der Waals surface area contributed by atoms with Crippen LogP contribution in [0, 0.1) is 0 Å². The molecule has 0 saturated carbocycles. The summed E-state index contributed by atoms with van der Waals surface area (Å²) in [6, 6.07) is -0.497. The Labute approximate surface area is 70.7 Å². The van der Waals surface area contributed by atoms with Gasteiger partial charge in [-0.3, -0.25) is 5.21 Å². The second-order valence-electron chi connectivity index (χ2n) is 1.73. The average Bonchev–Trinajstić information content (AvgIpc) is 1.88. The molecule has 0 aliphatic carbocycles. The number of hydroxylamine groups is 1. The van der Waals surface area contributed by atoms with E-state index in [1.54, 1.807) is 6.92 Å². The van der Waals surface area contributed by atoms with E-state index in [4.69, 9.17) is 16.8 Å². The first kappa shape index (κ1) is 11.1. The predicted octanol–water partition coefficient (Wildman–Crippen LogP) is 0.545. The van der Waals surface area contributed by atoms with Crippen LogP contribution in [-0.2, 0) is 14.5 Å². The van der Waals surface area contributed by atoms with Crippen LogP contribution in [0.25, 0.3) is 0 Å². The molecule has 0 aromatic rings. The summed E-state index contributed by atoms with van der Waals surface area (Å²) in [4.78, 5) is 0. The van der Waals surface area contributed by atoms with Gasteiger partial charge in [-0.25, -0.2) is 4.18 Å². The van der Waals surface area contributed by atoms with Crippen LogP contribution in [0.1, 0.15) is 13.3 Å². The summed E-state index contributed by atoms with van der Waals surface area (Å²) in [5.74, 6) is 0. The Hall–Kier alpha value is 0.120. The fourth-order valence-corrected chi connectivity index (χ4v) is 1.40. The lowest BCUT2D eigenvalue weighted by Crippen LogP contribution is -2.29. The highest BCUT2D eigenvalue weighted by Gasteiger charge is 2.18. The van der Waals surface area contributed by atoms with E-state index in [2.05, 4.69) is 4.18 Å². The molecule has 0 rings (SSSR count). The van der Waals surface area contributed by atoms with Crippen molar-refractivity contribution in [3.8, 4) is 0 Å². The van der Waals surface area contributed by atoms with Crippen molar-refractivity contribution in [3.63, 3.8) is 0 Å². The maximum Gasteiger partial charge on any atom is 0.361 e. The van der Waals surface area contributed by atoms with Crippen molar-refractivity contribution in [2.45, 2.75) is 13.3 Å². The smallest absolute Gasteiger partial charge is 0.298 e. The fourth-order valence-electron chi connectivity index (χ4n) is 0.420. The maximum absolute atomic E-state index is 10.7. The third kappa shape index (κ3) is 3.88. The monoisotopic (exact) mass is 203 g/mol. The Bertz CT molecular complexity index is 192. The lowest BCUT2D eigenvalue weighted by atomic mass is 10.5. The molecule has 0 spiro atoms. The molecule has 7 heteroatoms. The van der Waals surface area contributed by atoms with Crippen molar-refractivity contribution in [3.05, 3.63) is 0 Å². The van der Waals surface area contributed by atoms with Crippen LogP contribution in [0.2, 0.25) is 0 Å². The minimum atomic E-state index is -4.02. The van der Waals surface area contributed by atoms with Crippen molar-refractivity contribution in [2.75, 3.05) is 12.6 Å². The number of hydrogen-bond donors (Lipinski definition) is 1. The van der Waals surface area contributed by atoms with Gasteiger partial charge in [-0.2, -0.15) is 8.42 Å². The fraction of sp³-hybridized carbons (Fsp3) is 1.00. The molecular formula is C4H10ClNO4S. The summed E-state index contributed by atoms with van der Waals surface area (Å²) < 4.78 is 25.6. The average molecular weight is 204 g/mol. The van der Waals surface area contributed by atoms with Crippen LogP contribution < -0.4 is 0 Å². The van der Waals surface area contributed by atoms with Crippen molar-refractivity contribution < 1.29 is 17.8 Å². The molecule has 0 bridgehead atoms. The molecular weight excluding hydrogens is 194 g/mol. The highest BCUT2D eigenvalue weighted by molar-refractivity contribution is 7.84. The Morgan fingerprint density at radius 1 is 1.64 bits per heavy atom. The molecule has 0 aromatic heterocycles. The van der Waals surface area contributed by atoms with E-state index < -0.39 is 16.4 Å². The SMILES string of the molecule is CCCN(O)S(=O)(=O)OCCl. The van der Waals surface area contributed by atoms with Gasteiger partial charge in [0, 0.05) is 6.54 Å². The van der Waals surface area contributed by atoms with Crippen LogP contribution in [-0.4, -0.2) is 30.7 Å². The second kappa shape index (κ2) is 4.89. The van der Waals surface area contributed by atoms with Crippen LogP contribution >= 0.6 is 11.6 Å². The first-order chi connectivity index (χ1) is 5.04. The van der Waals surface area contributed by atoms with Crippen molar-refractivity contribution in [1.29, 1.82) is 0 Å². The quantitative estimate of drug-likeness (QED) is 0.523. The molecule has 0 aliphatic rings. The molecule has 5 nitrogen and oxygen atoms in total. The largest absolute Gasteiger partial charge is 0.361 e. The number of halogens is 1. The molecule has 0 radical (unpaired) electrons. The number of hydrogen-bond acceptors (Lipinski definition) is 4. The van der Waals surface area contributed by atoms with E-state index in [0.717, 1.165) is 0 Å². The zero-order chi connectivity index (χ0) is 8.91. The second-order valence-corrected chi connectivity index (χ2v) is 3.46. The molecule has 1 N–H and O–H groups in total. The van der Waals surface area contributed by atoms with Gasteiger partial charge in [-0.05, 0) is 6.42 Å². The third-order valence-electron chi connectivity index (χ3n) is 0.866. The van der Waals surface area contributed by atoms with Crippen molar-refractivity contribution in [2.24, 2.45) is 0 Å².